The molecule has 3 nitrogen and oxygen atoms in total. The molecule has 1 aliphatic heterocycles. The van der Waals surface area contributed by atoms with Gasteiger partial charge in [0.15, 0.2) is 0 Å². The van der Waals surface area contributed by atoms with Crippen LogP contribution < -0.4 is 10.1 Å². The number of rotatable bonds is 4. The van der Waals surface area contributed by atoms with Crippen molar-refractivity contribution in [1.82, 2.24) is 5.32 Å². The highest BCUT2D eigenvalue weighted by molar-refractivity contribution is 5.76. The zero-order valence-corrected chi connectivity index (χ0v) is 12.7. The minimum Gasteiger partial charge on any atom is -0.493 e. The Morgan fingerprint density at radius 2 is 2.00 bits per heavy atom. The van der Waals surface area contributed by atoms with Crippen molar-refractivity contribution in [2.24, 2.45) is 0 Å². The maximum atomic E-state index is 12.1. The molecule has 1 N–H and O–H groups in total. The Labute approximate surface area is 127 Å². The summed E-state index contributed by atoms with van der Waals surface area (Å²) in [6.07, 6.45) is 9.89. The fourth-order valence-corrected chi connectivity index (χ4v) is 3.38. The third-order valence-corrected chi connectivity index (χ3v) is 4.61. The van der Waals surface area contributed by atoms with E-state index in [2.05, 4.69) is 17.4 Å². The van der Waals surface area contributed by atoms with Crippen molar-refractivity contribution in [1.29, 1.82) is 0 Å². The highest BCUT2D eigenvalue weighted by atomic mass is 16.5. The van der Waals surface area contributed by atoms with Crippen LogP contribution in [0.25, 0.3) is 0 Å². The van der Waals surface area contributed by atoms with E-state index >= 15 is 0 Å². The van der Waals surface area contributed by atoms with Crippen LogP contribution in [0.4, 0.5) is 0 Å². The van der Waals surface area contributed by atoms with Gasteiger partial charge in [0.25, 0.3) is 0 Å². The first kappa shape index (κ1) is 14.4. The first-order valence-electron chi connectivity index (χ1n) is 8.35. The molecule has 0 atom stereocenters. The minimum atomic E-state index is 0.207. The van der Waals surface area contributed by atoms with Gasteiger partial charge in [-0.3, -0.25) is 4.79 Å². The Hall–Kier alpha value is -1.51. The van der Waals surface area contributed by atoms with Crippen molar-refractivity contribution in [2.75, 3.05) is 6.61 Å². The van der Waals surface area contributed by atoms with E-state index in [9.17, 15) is 4.79 Å². The largest absolute Gasteiger partial charge is 0.493 e. The van der Waals surface area contributed by atoms with Crippen LogP contribution in [-0.2, 0) is 17.6 Å². The molecule has 2 aliphatic rings. The number of nitrogens with one attached hydrogen (secondary N) is 1. The zero-order chi connectivity index (χ0) is 14.5. The molecule has 0 unspecified atom stereocenters. The highest BCUT2D eigenvalue weighted by Crippen LogP contribution is 2.26. The Morgan fingerprint density at radius 3 is 2.81 bits per heavy atom. The molecule has 114 valence electrons. The van der Waals surface area contributed by atoms with E-state index in [0.29, 0.717) is 12.5 Å². The fraction of sp³-hybridized carbons (Fsp3) is 0.611. The molecular formula is C18H25NO2. The van der Waals surface area contributed by atoms with Crippen LogP contribution in [0.5, 0.6) is 5.75 Å². The number of hydrogen-bond acceptors (Lipinski definition) is 2. The molecule has 1 aliphatic carbocycles. The van der Waals surface area contributed by atoms with Gasteiger partial charge in [0.05, 0.1) is 6.61 Å². The highest BCUT2D eigenvalue weighted by Gasteiger charge is 2.15. The Bertz CT molecular complexity index is 490. The van der Waals surface area contributed by atoms with Gasteiger partial charge in [0.1, 0.15) is 5.75 Å². The molecule has 1 aromatic rings. The second-order valence-corrected chi connectivity index (χ2v) is 6.30. The lowest BCUT2D eigenvalue weighted by Gasteiger charge is -2.16. The van der Waals surface area contributed by atoms with Crippen molar-refractivity contribution in [3.05, 3.63) is 29.3 Å². The van der Waals surface area contributed by atoms with Crippen LogP contribution in [0, 0.1) is 0 Å². The van der Waals surface area contributed by atoms with E-state index in [1.54, 1.807) is 0 Å². The minimum absolute atomic E-state index is 0.207. The average Bonchev–Trinajstić information content (AvgIpc) is 2.81. The quantitative estimate of drug-likeness (QED) is 0.862. The predicted molar refractivity (Wildman–Crippen MR) is 83.6 cm³/mol. The maximum absolute atomic E-state index is 12.1. The van der Waals surface area contributed by atoms with Crippen LogP contribution in [-0.4, -0.2) is 18.6 Å². The first-order valence-corrected chi connectivity index (χ1v) is 8.35. The number of amides is 1. The molecule has 1 fully saturated rings. The third-order valence-electron chi connectivity index (χ3n) is 4.61. The number of hydrogen-bond donors (Lipinski definition) is 1. The maximum Gasteiger partial charge on any atom is 0.220 e. The van der Waals surface area contributed by atoms with Crippen LogP contribution in [0.2, 0.25) is 0 Å². The molecule has 0 spiro atoms. The third kappa shape index (κ3) is 3.99. The lowest BCUT2D eigenvalue weighted by atomic mass is 10.0. The van der Waals surface area contributed by atoms with E-state index in [-0.39, 0.29) is 5.91 Å². The van der Waals surface area contributed by atoms with Crippen molar-refractivity contribution >= 4 is 5.91 Å². The Balaban J connectivity index is 1.47. The van der Waals surface area contributed by atoms with Gasteiger partial charge < -0.3 is 10.1 Å². The average molecular weight is 287 g/mol. The molecule has 3 rings (SSSR count). The predicted octanol–water partition coefficient (Wildman–Crippen LogP) is 3.39. The molecular weight excluding hydrogens is 262 g/mol. The Kier molecular flexibility index (Phi) is 4.79. The summed E-state index contributed by atoms with van der Waals surface area (Å²) >= 11 is 0. The Morgan fingerprint density at radius 1 is 1.19 bits per heavy atom. The summed E-state index contributed by atoms with van der Waals surface area (Å²) in [6.45, 7) is 0.793. The van der Waals surface area contributed by atoms with Gasteiger partial charge in [0, 0.05) is 18.9 Å². The van der Waals surface area contributed by atoms with Crippen molar-refractivity contribution in [3.63, 3.8) is 0 Å². The van der Waals surface area contributed by atoms with Gasteiger partial charge in [-0.05, 0) is 36.5 Å². The van der Waals surface area contributed by atoms with E-state index < -0.39 is 0 Å². The van der Waals surface area contributed by atoms with E-state index in [1.165, 1.54) is 36.8 Å². The number of carbonyl (C=O) groups is 1. The molecule has 1 saturated carbocycles. The molecule has 0 aromatic heterocycles. The van der Waals surface area contributed by atoms with Gasteiger partial charge in [-0.25, -0.2) is 0 Å². The summed E-state index contributed by atoms with van der Waals surface area (Å²) in [5.41, 5.74) is 2.53. The topological polar surface area (TPSA) is 38.3 Å². The SMILES string of the molecule is O=C(CCc1ccc2c(c1)CCO2)NC1CCCCCC1. The van der Waals surface area contributed by atoms with Crippen LogP contribution in [0.1, 0.15) is 56.1 Å². The second-order valence-electron chi connectivity index (χ2n) is 6.30. The van der Waals surface area contributed by atoms with Crippen LogP contribution in [0.15, 0.2) is 18.2 Å². The van der Waals surface area contributed by atoms with Gasteiger partial charge >= 0.3 is 0 Å². The summed E-state index contributed by atoms with van der Waals surface area (Å²) in [6, 6.07) is 6.74. The second kappa shape index (κ2) is 6.97. The van der Waals surface area contributed by atoms with Gasteiger partial charge in [-0.15, -0.1) is 0 Å². The fourth-order valence-electron chi connectivity index (χ4n) is 3.38. The van der Waals surface area contributed by atoms with E-state index in [0.717, 1.165) is 38.0 Å². The lowest BCUT2D eigenvalue weighted by Crippen LogP contribution is -2.34. The standard InChI is InChI=1S/C18H25NO2/c20-18(19-16-5-3-1-2-4-6-16)10-8-14-7-9-17-15(13-14)11-12-21-17/h7,9,13,16H,1-6,8,10-12H2,(H,19,20). The van der Waals surface area contributed by atoms with Gasteiger partial charge in [-0.1, -0.05) is 37.8 Å². The van der Waals surface area contributed by atoms with Gasteiger partial charge in [-0.2, -0.15) is 0 Å². The number of aryl methyl sites for hydroxylation is 1. The number of fused-ring (bicyclic) bond motifs is 1. The summed E-state index contributed by atoms with van der Waals surface area (Å²) < 4.78 is 5.51. The summed E-state index contributed by atoms with van der Waals surface area (Å²) in [4.78, 5) is 12.1. The molecule has 1 amide bonds. The number of ether oxygens (including phenoxy) is 1. The molecule has 1 aromatic carbocycles. The number of benzene rings is 1. The molecule has 0 radical (unpaired) electrons. The number of carbonyl (C=O) groups excluding carboxylic acids is 1. The van der Waals surface area contributed by atoms with E-state index in [1.807, 2.05) is 6.07 Å². The zero-order valence-electron chi connectivity index (χ0n) is 12.7. The summed E-state index contributed by atoms with van der Waals surface area (Å²) in [7, 11) is 0. The van der Waals surface area contributed by atoms with Crippen LogP contribution in [0.3, 0.4) is 0 Å². The van der Waals surface area contributed by atoms with Gasteiger partial charge in [0.2, 0.25) is 5.91 Å². The molecule has 21 heavy (non-hydrogen) atoms. The smallest absolute Gasteiger partial charge is 0.220 e. The summed E-state index contributed by atoms with van der Waals surface area (Å²) in [5, 5.41) is 3.22. The normalized spacial score (nSPS) is 18.7. The molecule has 0 bridgehead atoms. The monoisotopic (exact) mass is 287 g/mol. The van der Waals surface area contributed by atoms with Crippen LogP contribution >= 0.6 is 0 Å². The van der Waals surface area contributed by atoms with Crippen molar-refractivity contribution in [2.45, 2.75) is 63.8 Å². The summed E-state index contributed by atoms with van der Waals surface area (Å²) in [5.74, 6) is 1.22. The van der Waals surface area contributed by atoms with Crippen molar-refractivity contribution < 1.29 is 9.53 Å². The molecule has 0 saturated heterocycles. The van der Waals surface area contributed by atoms with Crippen molar-refractivity contribution in [3.8, 4) is 5.75 Å². The molecule has 1 heterocycles. The van der Waals surface area contributed by atoms with E-state index in [4.69, 9.17) is 4.74 Å². The lowest BCUT2D eigenvalue weighted by molar-refractivity contribution is -0.121. The molecule has 3 heteroatoms. The first-order chi connectivity index (χ1) is 10.3.